The monoisotopic (exact) mass is 494 g/mol. The Labute approximate surface area is 200 Å². The number of carbonyl (C=O) groups excluding carboxylic acids is 2. The highest BCUT2D eigenvalue weighted by atomic mass is 19.4. The van der Waals surface area contributed by atoms with Crippen LogP contribution in [0.5, 0.6) is 0 Å². The zero-order chi connectivity index (χ0) is 25.4. The fourth-order valence-electron chi connectivity index (χ4n) is 7.52. The summed E-state index contributed by atoms with van der Waals surface area (Å²) in [6, 6.07) is 6.63. The molecule has 4 aliphatic carbocycles. The summed E-state index contributed by atoms with van der Waals surface area (Å²) in [5.74, 6) is -6.51. The predicted molar refractivity (Wildman–Crippen MR) is 118 cm³/mol. The first-order valence-electron chi connectivity index (χ1n) is 12.0. The van der Waals surface area contributed by atoms with Crippen LogP contribution in [0.25, 0.3) is 0 Å². The van der Waals surface area contributed by atoms with Crippen molar-refractivity contribution in [3.05, 3.63) is 58.2 Å². The largest absolute Gasteiger partial charge is 0.456 e. The van der Waals surface area contributed by atoms with Crippen LogP contribution in [0.2, 0.25) is 0 Å². The zero-order valence-corrected chi connectivity index (χ0v) is 19.3. The molecule has 5 rings (SSSR count). The third kappa shape index (κ3) is 3.31. The van der Waals surface area contributed by atoms with E-state index in [0.29, 0.717) is 43.1 Å². The Morgan fingerprint density at radius 3 is 2.34 bits per heavy atom. The first-order chi connectivity index (χ1) is 16.3. The third-order valence-corrected chi connectivity index (χ3v) is 9.24. The molecule has 2 fully saturated rings. The number of ketones is 1. The lowest BCUT2D eigenvalue weighted by Gasteiger charge is -2.56. The van der Waals surface area contributed by atoms with E-state index in [0.717, 1.165) is 16.7 Å². The lowest BCUT2D eigenvalue weighted by molar-refractivity contribution is -0.362. The average Bonchev–Trinajstić information content (AvgIpc) is 3.09. The van der Waals surface area contributed by atoms with Crippen LogP contribution >= 0.6 is 0 Å². The second-order valence-corrected chi connectivity index (χ2v) is 10.8. The Kier molecular flexibility index (Phi) is 5.44. The number of aliphatic hydroxyl groups is 1. The molecule has 188 valence electrons. The number of allylic oxidation sites excluding steroid dienone is 4. The number of alkyl halides is 5. The van der Waals surface area contributed by atoms with Crippen LogP contribution in [-0.2, 0) is 4.79 Å². The number of hydrogen-bond acceptors (Lipinski definition) is 3. The summed E-state index contributed by atoms with van der Waals surface area (Å²) in [5.41, 5.74) is -0.804. The Balaban J connectivity index is 1.69. The number of hydrogen-bond donors (Lipinski definition) is 1. The summed E-state index contributed by atoms with van der Waals surface area (Å²) < 4.78 is 70.5. The van der Waals surface area contributed by atoms with Crippen LogP contribution in [0.3, 0.4) is 0 Å². The summed E-state index contributed by atoms with van der Waals surface area (Å²) in [7, 11) is 0. The Bertz CT molecular complexity index is 1130. The number of fused-ring (bicyclic) bond motifs is 4. The summed E-state index contributed by atoms with van der Waals surface area (Å²) >= 11 is 0. The van der Waals surface area contributed by atoms with Crippen molar-refractivity contribution < 1.29 is 36.6 Å². The molecule has 0 heterocycles. The van der Waals surface area contributed by atoms with Crippen LogP contribution < -0.4 is 0 Å². The van der Waals surface area contributed by atoms with E-state index in [-0.39, 0.29) is 24.5 Å². The van der Waals surface area contributed by atoms with Gasteiger partial charge in [0.2, 0.25) is 0 Å². The van der Waals surface area contributed by atoms with Crippen molar-refractivity contribution in [3.8, 4) is 0 Å². The third-order valence-electron chi connectivity index (χ3n) is 9.24. The summed E-state index contributed by atoms with van der Waals surface area (Å²) in [6.07, 6.45) is -2.21. The van der Waals surface area contributed by atoms with Crippen molar-refractivity contribution in [1.29, 1.82) is 0 Å². The van der Waals surface area contributed by atoms with E-state index in [2.05, 4.69) is 0 Å². The van der Waals surface area contributed by atoms with Crippen LogP contribution in [-0.4, -0.2) is 34.9 Å². The van der Waals surface area contributed by atoms with Gasteiger partial charge in [-0.3, -0.25) is 9.59 Å². The van der Waals surface area contributed by atoms with E-state index in [9.17, 15) is 36.6 Å². The van der Waals surface area contributed by atoms with E-state index >= 15 is 0 Å². The minimum absolute atomic E-state index is 0.0374. The van der Waals surface area contributed by atoms with E-state index < -0.39 is 41.4 Å². The van der Waals surface area contributed by atoms with Crippen molar-refractivity contribution in [1.82, 2.24) is 0 Å². The van der Waals surface area contributed by atoms with Crippen molar-refractivity contribution >= 4 is 12.1 Å². The van der Waals surface area contributed by atoms with Crippen molar-refractivity contribution in [2.45, 2.75) is 75.5 Å². The van der Waals surface area contributed by atoms with Gasteiger partial charge < -0.3 is 5.11 Å². The van der Waals surface area contributed by atoms with Crippen molar-refractivity contribution in [3.63, 3.8) is 0 Å². The second kappa shape index (κ2) is 7.82. The van der Waals surface area contributed by atoms with Crippen molar-refractivity contribution in [2.75, 3.05) is 0 Å². The van der Waals surface area contributed by atoms with Gasteiger partial charge in [0.25, 0.3) is 0 Å². The van der Waals surface area contributed by atoms with Gasteiger partial charge in [-0.05, 0) is 73.1 Å². The van der Waals surface area contributed by atoms with Crippen LogP contribution in [0.4, 0.5) is 22.0 Å². The maximum absolute atomic E-state index is 14.9. The SMILES string of the molecule is C[C@]12C[C@H](c3ccc(C=O)cc3)C3=C4CCC(=O)C=C4CC[C@H]3[C@@H]1CC[C@@]2(O)C(F)(F)C(F)(F)F. The lowest BCUT2D eigenvalue weighted by Crippen LogP contribution is -2.65. The van der Waals surface area contributed by atoms with E-state index in [4.69, 9.17) is 0 Å². The summed E-state index contributed by atoms with van der Waals surface area (Å²) in [6.45, 7) is 1.40. The number of carbonyl (C=O) groups is 2. The first-order valence-corrected chi connectivity index (χ1v) is 12.0. The van der Waals surface area contributed by atoms with Crippen LogP contribution in [0.1, 0.15) is 73.7 Å². The van der Waals surface area contributed by atoms with E-state index in [1.807, 2.05) is 0 Å². The normalized spacial score (nSPS) is 35.2. The molecule has 0 amide bonds. The highest BCUT2D eigenvalue weighted by Crippen LogP contribution is 2.70. The maximum Gasteiger partial charge on any atom is 0.456 e. The molecule has 0 saturated heterocycles. The van der Waals surface area contributed by atoms with Crippen LogP contribution in [0.15, 0.2) is 47.1 Å². The molecule has 5 atom stereocenters. The van der Waals surface area contributed by atoms with Crippen molar-refractivity contribution in [2.24, 2.45) is 17.3 Å². The zero-order valence-electron chi connectivity index (χ0n) is 19.3. The van der Waals surface area contributed by atoms with Gasteiger partial charge in [-0.2, -0.15) is 22.0 Å². The fourth-order valence-corrected chi connectivity index (χ4v) is 7.52. The molecule has 0 aliphatic heterocycles. The molecule has 1 aromatic rings. The fraction of sp³-hybridized carbons (Fsp3) is 0.556. The van der Waals surface area contributed by atoms with E-state index in [1.165, 1.54) is 6.92 Å². The molecule has 3 nitrogen and oxygen atoms in total. The Morgan fingerprint density at radius 2 is 1.71 bits per heavy atom. The van der Waals surface area contributed by atoms with Gasteiger partial charge in [0.1, 0.15) is 11.9 Å². The smallest absolute Gasteiger partial charge is 0.383 e. The van der Waals surface area contributed by atoms with Gasteiger partial charge in [-0.1, -0.05) is 36.8 Å². The number of aldehydes is 1. The molecule has 1 N–H and O–H groups in total. The maximum atomic E-state index is 14.9. The lowest BCUT2D eigenvalue weighted by atomic mass is 9.50. The first kappa shape index (κ1) is 24.3. The molecule has 0 radical (unpaired) electrons. The molecule has 0 bridgehead atoms. The van der Waals surface area contributed by atoms with Gasteiger partial charge >= 0.3 is 12.1 Å². The van der Waals surface area contributed by atoms with Crippen LogP contribution in [0, 0.1) is 17.3 Å². The Hall–Kier alpha value is -2.35. The molecular weight excluding hydrogens is 467 g/mol. The van der Waals surface area contributed by atoms with Gasteiger partial charge in [0.05, 0.1) is 0 Å². The topological polar surface area (TPSA) is 54.4 Å². The standard InChI is InChI=1S/C27H27F5O3/c1-24-13-21(16-4-2-15(14-33)3-5-16)23-19-9-7-18(34)12-17(19)6-8-20(23)22(24)10-11-25(24,35)26(28,29)27(30,31)32/h2-5,12,14,20-22,35H,6-11,13H2,1H3/t20-,21+,22-,24-,25-/m0/s1. The highest BCUT2D eigenvalue weighted by Gasteiger charge is 2.79. The predicted octanol–water partition coefficient (Wildman–Crippen LogP) is 6.33. The second-order valence-electron chi connectivity index (χ2n) is 10.8. The summed E-state index contributed by atoms with van der Waals surface area (Å²) in [4.78, 5) is 23.2. The molecule has 4 aliphatic rings. The number of rotatable bonds is 3. The molecule has 8 heteroatoms. The van der Waals surface area contributed by atoms with E-state index in [1.54, 1.807) is 30.3 Å². The number of halogens is 5. The molecule has 0 spiro atoms. The molecular formula is C27H27F5O3. The van der Waals surface area contributed by atoms with Gasteiger partial charge in [0, 0.05) is 23.3 Å². The quantitative estimate of drug-likeness (QED) is 0.395. The molecule has 0 aromatic heterocycles. The molecule has 0 unspecified atom stereocenters. The minimum atomic E-state index is -5.87. The molecule has 2 saturated carbocycles. The van der Waals surface area contributed by atoms with Gasteiger partial charge in [-0.15, -0.1) is 0 Å². The van der Waals surface area contributed by atoms with Gasteiger partial charge in [-0.25, -0.2) is 0 Å². The van der Waals surface area contributed by atoms with Gasteiger partial charge in [0.15, 0.2) is 5.78 Å². The molecule has 35 heavy (non-hydrogen) atoms. The average molecular weight is 495 g/mol. The Morgan fingerprint density at radius 1 is 1.03 bits per heavy atom. The minimum Gasteiger partial charge on any atom is -0.383 e. The summed E-state index contributed by atoms with van der Waals surface area (Å²) in [5, 5.41) is 11.2. The number of benzene rings is 1. The highest BCUT2D eigenvalue weighted by molar-refractivity contribution is 5.93. The molecule has 1 aromatic carbocycles.